The van der Waals surface area contributed by atoms with Crippen LogP contribution in [0.1, 0.15) is 43.8 Å². The van der Waals surface area contributed by atoms with Crippen molar-refractivity contribution >= 4 is 0 Å². The van der Waals surface area contributed by atoms with Gasteiger partial charge in [-0.05, 0) is 31.4 Å². The van der Waals surface area contributed by atoms with Crippen LogP contribution in [0, 0.1) is 5.82 Å². The second-order valence-electron chi connectivity index (χ2n) is 6.09. The van der Waals surface area contributed by atoms with Gasteiger partial charge in [-0.1, -0.05) is 12.8 Å². The molecule has 0 aromatic carbocycles. The number of halogens is 1. The number of morpholine rings is 1. The highest BCUT2D eigenvalue weighted by atomic mass is 19.1. The largest absolute Gasteiger partial charge is 0.375 e. The summed E-state index contributed by atoms with van der Waals surface area (Å²) in [6, 6.07) is 3.54. The number of nitrogens with two attached hydrogens (primary N) is 1. The molecule has 3 atom stereocenters. The maximum absolute atomic E-state index is 12.9. The molecule has 1 aromatic heterocycles. The van der Waals surface area contributed by atoms with E-state index in [0.29, 0.717) is 12.1 Å². The molecule has 5 heteroatoms. The summed E-state index contributed by atoms with van der Waals surface area (Å²) in [6.07, 6.45) is 7.50. The molecule has 21 heavy (non-hydrogen) atoms. The fraction of sp³-hybridized carbons (Fsp3) is 0.688. The lowest BCUT2D eigenvalue weighted by Gasteiger charge is -2.44. The van der Waals surface area contributed by atoms with E-state index in [9.17, 15) is 4.39 Å². The summed E-state index contributed by atoms with van der Waals surface area (Å²) in [7, 11) is 0. The Hall–Kier alpha value is -1.04. The van der Waals surface area contributed by atoms with Crippen molar-refractivity contribution in [2.75, 3.05) is 19.7 Å². The molecule has 0 spiro atoms. The molecule has 1 saturated heterocycles. The third kappa shape index (κ3) is 3.59. The Morgan fingerprint density at radius 2 is 2.24 bits per heavy atom. The summed E-state index contributed by atoms with van der Waals surface area (Å²) >= 11 is 0. The summed E-state index contributed by atoms with van der Waals surface area (Å²) in [5, 5.41) is 0. The predicted molar refractivity (Wildman–Crippen MR) is 79.3 cm³/mol. The number of fused-ring (bicyclic) bond motifs is 1. The van der Waals surface area contributed by atoms with Gasteiger partial charge in [-0.25, -0.2) is 4.39 Å². The standard InChI is InChI=1S/C16H24FN3O/c17-12-5-6-14(19-11-12)13(18)7-8-20-9-10-21-16-4-2-1-3-15(16)20/h5-6,11,13,15-16H,1-4,7-10,18H2. The second kappa shape index (κ2) is 6.81. The molecule has 2 N–H and O–H groups in total. The number of pyridine rings is 1. The van der Waals surface area contributed by atoms with Gasteiger partial charge in [0.25, 0.3) is 0 Å². The summed E-state index contributed by atoms with van der Waals surface area (Å²) in [6.45, 7) is 2.78. The Morgan fingerprint density at radius 1 is 1.38 bits per heavy atom. The lowest BCUT2D eigenvalue weighted by atomic mass is 9.90. The molecule has 4 nitrogen and oxygen atoms in total. The summed E-state index contributed by atoms with van der Waals surface area (Å²) < 4.78 is 18.8. The number of aromatic nitrogens is 1. The summed E-state index contributed by atoms with van der Waals surface area (Å²) in [5.41, 5.74) is 6.96. The highest BCUT2D eigenvalue weighted by Gasteiger charge is 2.33. The summed E-state index contributed by atoms with van der Waals surface area (Å²) in [5.74, 6) is -0.316. The molecule has 1 aliphatic carbocycles. The van der Waals surface area contributed by atoms with E-state index in [1.165, 1.54) is 37.9 Å². The van der Waals surface area contributed by atoms with Crippen LogP contribution in [-0.2, 0) is 4.74 Å². The Balaban J connectivity index is 1.55. The van der Waals surface area contributed by atoms with E-state index in [1.54, 1.807) is 6.07 Å². The van der Waals surface area contributed by atoms with Gasteiger partial charge in [0.15, 0.2) is 0 Å². The molecular weight excluding hydrogens is 269 g/mol. The van der Waals surface area contributed by atoms with E-state index < -0.39 is 0 Å². The van der Waals surface area contributed by atoms with Gasteiger partial charge in [0.1, 0.15) is 5.82 Å². The van der Waals surface area contributed by atoms with Crippen LogP contribution in [-0.4, -0.2) is 41.7 Å². The van der Waals surface area contributed by atoms with Crippen molar-refractivity contribution in [2.45, 2.75) is 50.3 Å². The SMILES string of the molecule is NC(CCN1CCOC2CCCCC21)c1ccc(F)cn1. The highest BCUT2D eigenvalue weighted by Crippen LogP contribution is 2.29. The molecule has 116 valence electrons. The van der Waals surface area contributed by atoms with Crippen molar-refractivity contribution in [3.05, 3.63) is 29.8 Å². The summed E-state index contributed by atoms with van der Waals surface area (Å²) in [4.78, 5) is 6.60. The van der Waals surface area contributed by atoms with E-state index in [-0.39, 0.29) is 11.9 Å². The third-order valence-corrected chi connectivity index (χ3v) is 4.70. The fourth-order valence-corrected chi connectivity index (χ4v) is 3.51. The normalized spacial score (nSPS) is 28.1. The maximum atomic E-state index is 12.9. The van der Waals surface area contributed by atoms with Crippen molar-refractivity contribution < 1.29 is 9.13 Å². The van der Waals surface area contributed by atoms with Crippen LogP contribution >= 0.6 is 0 Å². The van der Waals surface area contributed by atoms with Gasteiger partial charge >= 0.3 is 0 Å². The molecule has 3 rings (SSSR count). The van der Waals surface area contributed by atoms with Crippen LogP contribution in [0.25, 0.3) is 0 Å². The average molecular weight is 293 g/mol. The monoisotopic (exact) mass is 293 g/mol. The minimum Gasteiger partial charge on any atom is -0.375 e. The zero-order valence-corrected chi connectivity index (χ0v) is 12.4. The van der Waals surface area contributed by atoms with Crippen molar-refractivity contribution in [1.82, 2.24) is 9.88 Å². The van der Waals surface area contributed by atoms with Crippen LogP contribution in [0.15, 0.2) is 18.3 Å². The minimum atomic E-state index is -0.316. The molecule has 0 radical (unpaired) electrons. The van der Waals surface area contributed by atoms with Gasteiger partial charge in [0, 0.05) is 25.2 Å². The zero-order valence-electron chi connectivity index (χ0n) is 12.4. The van der Waals surface area contributed by atoms with Gasteiger partial charge in [-0.2, -0.15) is 0 Å². The molecule has 0 amide bonds. The van der Waals surface area contributed by atoms with E-state index in [0.717, 1.165) is 31.8 Å². The number of ether oxygens (including phenoxy) is 1. The highest BCUT2D eigenvalue weighted by molar-refractivity contribution is 5.09. The van der Waals surface area contributed by atoms with Gasteiger partial charge in [-0.15, -0.1) is 0 Å². The molecule has 2 aliphatic rings. The van der Waals surface area contributed by atoms with Crippen molar-refractivity contribution in [1.29, 1.82) is 0 Å². The third-order valence-electron chi connectivity index (χ3n) is 4.70. The Bertz CT molecular complexity index is 451. The van der Waals surface area contributed by atoms with Crippen LogP contribution in [0.5, 0.6) is 0 Å². The van der Waals surface area contributed by atoms with E-state index in [2.05, 4.69) is 9.88 Å². The lowest BCUT2D eigenvalue weighted by molar-refractivity contribution is -0.0885. The quantitative estimate of drug-likeness (QED) is 0.925. The molecule has 1 aliphatic heterocycles. The van der Waals surface area contributed by atoms with Crippen LogP contribution in [0.2, 0.25) is 0 Å². The van der Waals surface area contributed by atoms with Crippen molar-refractivity contribution in [3.63, 3.8) is 0 Å². The molecule has 0 bridgehead atoms. The van der Waals surface area contributed by atoms with E-state index in [4.69, 9.17) is 10.5 Å². The van der Waals surface area contributed by atoms with Crippen molar-refractivity contribution in [2.24, 2.45) is 5.73 Å². The molecule has 2 heterocycles. The molecule has 1 aromatic rings. The number of hydrogen-bond donors (Lipinski definition) is 1. The van der Waals surface area contributed by atoms with Crippen LogP contribution in [0.3, 0.4) is 0 Å². The molecule has 1 saturated carbocycles. The Morgan fingerprint density at radius 3 is 3.05 bits per heavy atom. The first-order valence-electron chi connectivity index (χ1n) is 7.97. The molecule has 2 fully saturated rings. The minimum absolute atomic E-state index is 0.129. The Labute approximate surface area is 125 Å². The predicted octanol–water partition coefficient (Wildman–Crippen LogP) is 2.25. The first-order valence-corrected chi connectivity index (χ1v) is 7.97. The van der Waals surface area contributed by atoms with Crippen LogP contribution in [0.4, 0.5) is 4.39 Å². The number of rotatable bonds is 4. The zero-order chi connectivity index (χ0) is 14.7. The molecular formula is C16H24FN3O. The maximum Gasteiger partial charge on any atom is 0.141 e. The van der Waals surface area contributed by atoms with Crippen molar-refractivity contribution in [3.8, 4) is 0 Å². The first kappa shape index (κ1) is 14.9. The van der Waals surface area contributed by atoms with E-state index >= 15 is 0 Å². The van der Waals surface area contributed by atoms with Gasteiger partial charge < -0.3 is 10.5 Å². The van der Waals surface area contributed by atoms with E-state index in [1.807, 2.05) is 0 Å². The Kier molecular flexibility index (Phi) is 4.83. The topological polar surface area (TPSA) is 51.4 Å². The molecule has 3 unspecified atom stereocenters. The number of hydrogen-bond acceptors (Lipinski definition) is 4. The number of nitrogens with zero attached hydrogens (tertiary/aromatic N) is 2. The fourth-order valence-electron chi connectivity index (χ4n) is 3.51. The smallest absolute Gasteiger partial charge is 0.141 e. The average Bonchev–Trinajstić information content (AvgIpc) is 2.53. The van der Waals surface area contributed by atoms with Gasteiger partial charge in [-0.3, -0.25) is 9.88 Å². The van der Waals surface area contributed by atoms with Gasteiger partial charge in [0.2, 0.25) is 0 Å². The second-order valence-corrected chi connectivity index (χ2v) is 6.09. The lowest BCUT2D eigenvalue weighted by Crippen LogP contribution is -2.53. The van der Waals surface area contributed by atoms with Crippen LogP contribution < -0.4 is 5.73 Å². The van der Waals surface area contributed by atoms with Gasteiger partial charge in [0.05, 0.1) is 24.6 Å². The first-order chi connectivity index (χ1) is 10.2.